The molecule has 0 saturated heterocycles. The number of esters is 1. The molecule has 60 valence electrons. The quantitative estimate of drug-likeness (QED) is 0.447. The molecule has 1 aromatic carbocycles. The molecule has 4 heteroatoms. The third kappa shape index (κ3) is 3.98. The normalized spacial score (nSPS) is 8.00. The van der Waals surface area contributed by atoms with Gasteiger partial charge in [0.25, 0.3) is 0 Å². The van der Waals surface area contributed by atoms with Crippen LogP contribution in [0.15, 0.2) is 24.3 Å². The van der Waals surface area contributed by atoms with Crippen LogP contribution >= 0.6 is 13.6 Å². The van der Waals surface area contributed by atoms with Gasteiger partial charge < -0.3 is 9.53 Å². The van der Waals surface area contributed by atoms with Crippen LogP contribution in [0.2, 0.25) is 0 Å². The molecule has 0 spiro atoms. The third-order valence-corrected chi connectivity index (χ3v) is 1.11. The van der Waals surface area contributed by atoms with Crippen molar-refractivity contribution in [2.75, 3.05) is 7.11 Å². The molecule has 2 nitrogen and oxygen atoms in total. The van der Waals surface area contributed by atoms with E-state index in [9.17, 15) is 4.79 Å². The molecule has 0 amide bonds. The van der Waals surface area contributed by atoms with Crippen LogP contribution in [-0.4, -0.2) is 13.1 Å². The molecule has 0 N–H and O–H groups in total. The fourth-order valence-corrected chi connectivity index (χ4v) is 0.630. The second kappa shape index (κ2) is 7.44. The summed E-state index contributed by atoms with van der Waals surface area (Å²) in [6.45, 7) is 0. The molecule has 0 aromatic heterocycles. The fourth-order valence-electron chi connectivity index (χ4n) is 0.630. The Labute approximate surface area is 88.3 Å². The van der Waals surface area contributed by atoms with E-state index in [4.69, 9.17) is 0 Å². The summed E-state index contributed by atoms with van der Waals surface area (Å²) in [4.78, 5) is 10.8. The average Bonchev–Trinajstić information content (AvgIpc) is 2.21. The van der Waals surface area contributed by atoms with Crippen molar-refractivity contribution in [3.05, 3.63) is 35.9 Å². The maximum atomic E-state index is 10.8. The van der Waals surface area contributed by atoms with Gasteiger partial charge in [0.15, 0.2) is 0 Å². The van der Waals surface area contributed by atoms with Crippen molar-refractivity contribution in [2.45, 2.75) is 0 Å². The number of rotatable bonds is 1. The van der Waals surface area contributed by atoms with Crippen molar-refractivity contribution < 1.29 is 25.9 Å². The summed E-state index contributed by atoms with van der Waals surface area (Å²) in [6, 6.07) is 9.64. The first-order valence-electron chi connectivity index (χ1n) is 3.16. The molecule has 0 aliphatic carbocycles. The molecule has 0 saturated carbocycles. The Bertz CT molecular complexity index is 226. The van der Waals surface area contributed by atoms with E-state index < -0.39 is 0 Å². The third-order valence-electron chi connectivity index (χ3n) is 1.11. The molecule has 0 atom stereocenters. The molecule has 0 aliphatic rings. The zero-order valence-corrected chi connectivity index (χ0v) is 11.3. The van der Waals surface area contributed by atoms with Crippen molar-refractivity contribution in [2.24, 2.45) is 0 Å². The van der Waals surface area contributed by atoms with Gasteiger partial charge >= 0.3 is 30.0 Å². The Balaban J connectivity index is 0.000000561. The summed E-state index contributed by atoms with van der Waals surface area (Å²) in [5, 5.41) is 0. The summed E-state index contributed by atoms with van der Waals surface area (Å²) >= 11 is 4.25. The van der Waals surface area contributed by atoms with Crippen molar-refractivity contribution in [1.82, 2.24) is 0 Å². The number of halogens is 1. The minimum absolute atomic E-state index is 0.347. The Morgan fingerprint density at radius 1 is 1.58 bits per heavy atom. The molecular formula is C8H7BrO2Zn. The van der Waals surface area contributed by atoms with E-state index in [0.717, 1.165) is 0 Å². The second-order valence-corrected chi connectivity index (χ2v) is 1.77. The van der Waals surface area contributed by atoms with Gasteiger partial charge in [-0.25, -0.2) is 0 Å². The molecule has 0 unspecified atom stereocenters. The number of methoxy groups -OCH3 is 1. The van der Waals surface area contributed by atoms with Gasteiger partial charge in [-0.2, -0.15) is 0 Å². The number of ether oxygens (including phenoxy) is 1. The van der Waals surface area contributed by atoms with E-state index >= 15 is 0 Å². The van der Waals surface area contributed by atoms with Crippen LogP contribution in [0.4, 0.5) is 0 Å². The first-order chi connectivity index (χ1) is 5.84. The first kappa shape index (κ1) is 11.8. The maximum absolute atomic E-state index is 10.8. The molecule has 1 aromatic rings. The predicted octanol–water partition coefficient (Wildman–Crippen LogP) is 2.12. The topological polar surface area (TPSA) is 26.3 Å². The van der Waals surface area contributed by atoms with Crippen LogP contribution in [0, 0.1) is 6.07 Å². The molecule has 12 heavy (non-hydrogen) atoms. The Hall–Kier alpha value is -0.207. The zero-order chi connectivity index (χ0) is 9.40. The summed E-state index contributed by atoms with van der Waals surface area (Å²) in [7, 11) is 1.35. The van der Waals surface area contributed by atoms with Crippen molar-refractivity contribution in [3.63, 3.8) is 0 Å². The molecule has 0 heterocycles. The van der Waals surface area contributed by atoms with Crippen LogP contribution in [0.3, 0.4) is 0 Å². The zero-order valence-electron chi connectivity index (χ0n) is 6.71. The molecule has 1 rings (SSSR count). The van der Waals surface area contributed by atoms with Crippen molar-refractivity contribution >= 4 is 19.6 Å². The van der Waals surface area contributed by atoms with Crippen molar-refractivity contribution in [1.29, 1.82) is 0 Å². The molecular weight excluding hydrogens is 273 g/mol. The second-order valence-electron chi connectivity index (χ2n) is 1.77. The van der Waals surface area contributed by atoms with Gasteiger partial charge in [0, 0.05) is 0 Å². The minimum atomic E-state index is -0.347. The Morgan fingerprint density at radius 3 is 2.67 bits per heavy atom. The Morgan fingerprint density at radius 2 is 2.25 bits per heavy atom. The van der Waals surface area contributed by atoms with Crippen LogP contribution in [-0.2, 0) is 21.1 Å². The van der Waals surface area contributed by atoms with Gasteiger partial charge in [-0.1, -0.05) is 5.56 Å². The van der Waals surface area contributed by atoms with Gasteiger partial charge in [0.05, 0.1) is 7.11 Å². The van der Waals surface area contributed by atoms with Crippen molar-refractivity contribution in [3.8, 4) is 0 Å². The Kier molecular flexibility index (Phi) is 7.31. The number of benzene rings is 1. The van der Waals surface area contributed by atoms with Crippen LogP contribution in [0.5, 0.6) is 0 Å². The van der Waals surface area contributed by atoms with E-state index in [2.05, 4.69) is 24.4 Å². The predicted molar refractivity (Wildman–Crippen MR) is 45.5 cm³/mol. The molecule has 0 aliphatic heterocycles. The van der Waals surface area contributed by atoms with Gasteiger partial charge in [-0.05, 0) is 0 Å². The first-order valence-corrected chi connectivity index (χ1v) is 10.1. The molecule has 0 bridgehead atoms. The standard InChI is InChI=1S/C8H7O2.BrH.Zn/c1-10-8(9)7-5-3-2-4-6-7;;/h2-5H,1H3;1H;/q-1;;+2/p-1. The van der Waals surface area contributed by atoms with Crippen LogP contribution in [0.25, 0.3) is 0 Å². The summed E-state index contributed by atoms with van der Waals surface area (Å²) in [5.41, 5.74) is 0.463. The van der Waals surface area contributed by atoms with E-state index in [1.807, 2.05) is 0 Å². The fraction of sp³-hybridized carbons (Fsp3) is 0.125. The van der Waals surface area contributed by atoms with E-state index in [-0.39, 0.29) is 5.97 Å². The van der Waals surface area contributed by atoms with Gasteiger partial charge in [-0.3, -0.25) is 0 Å². The summed E-state index contributed by atoms with van der Waals surface area (Å²) < 4.78 is 4.47. The van der Waals surface area contributed by atoms with Gasteiger partial charge in [-0.15, -0.1) is 30.3 Å². The average molecular weight is 280 g/mol. The monoisotopic (exact) mass is 278 g/mol. The summed E-state index contributed by atoms with van der Waals surface area (Å²) in [5.74, 6) is -0.347. The van der Waals surface area contributed by atoms with Gasteiger partial charge in [0.1, 0.15) is 0 Å². The van der Waals surface area contributed by atoms with Gasteiger partial charge in [0.2, 0.25) is 5.97 Å². The van der Waals surface area contributed by atoms with Crippen LogP contribution in [0.1, 0.15) is 10.4 Å². The van der Waals surface area contributed by atoms with E-state index in [1.165, 1.54) is 23.5 Å². The number of hydrogen-bond donors (Lipinski definition) is 0. The summed E-state index contributed by atoms with van der Waals surface area (Å²) in [6.07, 6.45) is 0. The van der Waals surface area contributed by atoms with Crippen LogP contribution < -0.4 is 0 Å². The SMILES string of the molecule is COC(=O)c1[c-]cccc1.[Zn+][Br]. The van der Waals surface area contributed by atoms with E-state index in [1.54, 1.807) is 24.3 Å². The molecule has 0 radical (unpaired) electrons. The number of carbonyl (C=O) groups excluding carboxylic acids is 1. The number of carbonyl (C=O) groups is 1. The van der Waals surface area contributed by atoms with E-state index in [0.29, 0.717) is 5.56 Å². The number of hydrogen-bond acceptors (Lipinski definition) is 2. The molecule has 0 fully saturated rings.